The molecule has 0 spiro atoms. The predicted octanol–water partition coefficient (Wildman–Crippen LogP) is 3.54. The second kappa shape index (κ2) is 6.24. The zero-order chi connectivity index (χ0) is 14.8. The molecule has 1 aromatic heterocycles. The number of aryl methyl sites for hydroxylation is 1. The Morgan fingerprint density at radius 3 is 2.81 bits per heavy atom. The Morgan fingerprint density at radius 1 is 1.33 bits per heavy atom. The average Bonchev–Trinajstić information content (AvgIpc) is 2.54. The molecule has 0 radical (unpaired) electrons. The van der Waals surface area contributed by atoms with E-state index >= 15 is 0 Å². The van der Waals surface area contributed by atoms with Crippen LogP contribution < -0.4 is 4.90 Å². The molecule has 0 bridgehead atoms. The van der Waals surface area contributed by atoms with E-state index in [1.165, 1.54) is 5.56 Å². The van der Waals surface area contributed by atoms with E-state index in [1.807, 2.05) is 18.7 Å². The third kappa shape index (κ3) is 2.87. The van der Waals surface area contributed by atoms with Crippen LogP contribution in [-0.4, -0.2) is 34.7 Å². The average molecular weight is 302 g/mol. The molecular weight excluding hydrogens is 280 g/mol. The van der Waals surface area contributed by atoms with Crippen LogP contribution in [0.5, 0.6) is 0 Å². The Balaban J connectivity index is 2.15. The number of aliphatic hydroxyl groups excluding tert-OH is 1. The van der Waals surface area contributed by atoms with Crippen LogP contribution in [0, 0.1) is 6.92 Å². The van der Waals surface area contributed by atoms with Gasteiger partial charge >= 0.3 is 0 Å². The van der Waals surface area contributed by atoms with Crippen molar-refractivity contribution in [3.05, 3.63) is 35.4 Å². The van der Waals surface area contributed by atoms with E-state index in [9.17, 15) is 5.11 Å². The molecule has 1 aliphatic rings. The smallest absolute Gasteiger partial charge is 0.135 e. The van der Waals surface area contributed by atoms with E-state index < -0.39 is 6.10 Å². The number of anilines is 1. The van der Waals surface area contributed by atoms with Crippen molar-refractivity contribution in [3.8, 4) is 0 Å². The minimum Gasteiger partial charge on any atom is -0.388 e. The van der Waals surface area contributed by atoms with Crippen molar-refractivity contribution in [1.82, 2.24) is 4.98 Å². The first kappa shape index (κ1) is 14.7. The number of rotatable bonds is 3. The summed E-state index contributed by atoms with van der Waals surface area (Å²) in [6.07, 6.45) is 0.279. The summed E-state index contributed by atoms with van der Waals surface area (Å²) in [5, 5.41) is 11.5. The molecule has 0 saturated carbocycles. The van der Waals surface area contributed by atoms with Crippen molar-refractivity contribution in [3.63, 3.8) is 0 Å². The Hall–Kier alpha value is -1.26. The molecule has 1 N–H and O–H groups in total. The first-order valence-corrected chi connectivity index (χ1v) is 8.77. The summed E-state index contributed by atoms with van der Waals surface area (Å²) >= 11 is 1.99. The molecule has 0 amide bonds. The van der Waals surface area contributed by atoms with Gasteiger partial charge in [-0.25, -0.2) is 4.98 Å². The van der Waals surface area contributed by atoms with Crippen LogP contribution >= 0.6 is 11.8 Å². The van der Waals surface area contributed by atoms with Gasteiger partial charge in [-0.3, -0.25) is 0 Å². The number of aromatic nitrogens is 1. The molecule has 1 aliphatic heterocycles. The molecule has 3 rings (SSSR count). The molecule has 0 aliphatic carbocycles. The highest BCUT2D eigenvalue weighted by Crippen LogP contribution is 2.32. The lowest BCUT2D eigenvalue weighted by Gasteiger charge is -2.30. The van der Waals surface area contributed by atoms with Gasteiger partial charge in [0.05, 0.1) is 11.6 Å². The molecule has 2 aromatic rings. The van der Waals surface area contributed by atoms with Crippen molar-refractivity contribution in [2.75, 3.05) is 29.5 Å². The van der Waals surface area contributed by atoms with Crippen molar-refractivity contribution < 1.29 is 5.11 Å². The molecule has 1 saturated heterocycles. The standard InChI is InChI=1S/C17H22N2OS/c1-3-15(20)14-11-13-6-4-5-12(2)16(13)18-17(14)19-7-9-21-10-8-19/h4-6,11,15,20H,3,7-10H2,1-2H3. The Kier molecular flexibility index (Phi) is 4.36. The minimum atomic E-state index is -0.438. The largest absolute Gasteiger partial charge is 0.388 e. The highest BCUT2D eigenvalue weighted by Gasteiger charge is 2.21. The van der Waals surface area contributed by atoms with Crippen LogP contribution in [0.1, 0.15) is 30.6 Å². The fourth-order valence-corrected chi connectivity index (χ4v) is 3.75. The number of thioether (sulfide) groups is 1. The van der Waals surface area contributed by atoms with E-state index in [1.54, 1.807) is 0 Å². The number of aliphatic hydroxyl groups is 1. The normalized spacial score (nSPS) is 17.2. The van der Waals surface area contributed by atoms with Crippen LogP contribution in [0.15, 0.2) is 24.3 Å². The second-order valence-electron chi connectivity index (χ2n) is 5.57. The maximum atomic E-state index is 10.4. The first-order chi connectivity index (χ1) is 10.2. The summed E-state index contributed by atoms with van der Waals surface area (Å²) in [5.41, 5.74) is 3.22. The minimum absolute atomic E-state index is 0.438. The van der Waals surface area contributed by atoms with Crippen LogP contribution in [0.3, 0.4) is 0 Å². The molecular formula is C17H22N2OS. The molecule has 112 valence electrons. The summed E-state index contributed by atoms with van der Waals surface area (Å²) < 4.78 is 0. The maximum absolute atomic E-state index is 10.4. The Bertz CT molecular complexity index is 638. The zero-order valence-corrected chi connectivity index (χ0v) is 13.5. The maximum Gasteiger partial charge on any atom is 0.135 e. The van der Waals surface area contributed by atoms with Crippen LogP contribution in [0.25, 0.3) is 10.9 Å². The number of pyridine rings is 1. The van der Waals surface area contributed by atoms with Gasteiger partial charge in [-0.05, 0) is 25.0 Å². The molecule has 2 heterocycles. The molecule has 1 aromatic carbocycles. The van der Waals surface area contributed by atoms with Crippen molar-refractivity contribution in [2.24, 2.45) is 0 Å². The molecule has 1 unspecified atom stereocenters. The number of hydrogen-bond acceptors (Lipinski definition) is 4. The monoisotopic (exact) mass is 302 g/mol. The molecule has 1 fully saturated rings. The molecule has 21 heavy (non-hydrogen) atoms. The number of hydrogen-bond donors (Lipinski definition) is 1. The summed E-state index contributed by atoms with van der Waals surface area (Å²) in [7, 11) is 0. The highest BCUT2D eigenvalue weighted by atomic mass is 32.2. The lowest BCUT2D eigenvalue weighted by atomic mass is 10.0. The summed E-state index contributed by atoms with van der Waals surface area (Å²) in [5.74, 6) is 3.25. The van der Waals surface area contributed by atoms with Crippen LogP contribution in [0.4, 0.5) is 5.82 Å². The van der Waals surface area contributed by atoms with Crippen molar-refractivity contribution in [1.29, 1.82) is 0 Å². The summed E-state index contributed by atoms with van der Waals surface area (Å²) in [4.78, 5) is 7.25. The number of para-hydroxylation sites is 1. The first-order valence-electron chi connectivity index (χ1n) is 7.61. The fourth-order valence-electron chi connectivity index (χ4n) is 2.85. The van der Waals surface area contributed by atoms with Crippen LogP contribution in [-0.2, 0) is 0 Å². The van der Waals surface area contributed by atoms with Crippen molar-refractivity contribution >= 4 is 28.5 Å². The third-order valence-electron chi connectivity index (χ3n) is 4.11. The third-order valence-corrected chi connectivity index (χ3v) is 5.05. The zero-order valence-electron chi connectivity index (χ0n) is 12.7. The van der Waals surface area contributed by atoms with E-state index in [2.05, 4.69) is 36.1 Å². The van der Waals surface area contributed by atoms with Gasteiger partial charge in [-0.2, -0.15) is 11.8 Å². The number of benzene rings is 1. The van der Waals surface area contributed by atoms with Gasteiger partial charge in [-0.15, -0.1) is 0 Å². The van der Waals surface area contributed by atoms with E-state index in [-0.39, 0.29) is 0 Å². The predicted molar refractivity (Wildman–Crippen MR) is 91.3 cm³/mol. The lowest BCUT2D eigenvalue weighted by Crippen LogP contribution is -2.34. The Morgan fingerprint density at radius 2 is 2.10 bits per heavy atom. The van der Waals surface area contributed by atoms with Gasteiger partial charge in [-0.1, -0.05) is 25.1 Å². The van der Waals surface area contributed by atoms with Gasteiger partial charge in [0.2, 0.25) is 0 Å². The van der Waals surface area contributed by atoms with Gasteiger partial charge in [0.1, 0.15) is 5.82 Å². The van der Waals surface area contributed by atoms with Gasteiger partial charge in [0.25, 0.3) is 0 Å². The van der Waals surface area contributed by atoms with Crippen molar-refractivity contribution in [2.45, 2.75) is 26.4 Å². The molecule has 3 nitrogen and oxygen atoms in total. The second-order valence-corrected chi connectivity index (χ2v) is 6.80. The molecule has 4 heteroatoms. The van der Waals surface area contributed by atoms with Gasteiger partial charge in [0, 0.05) is 35.5 Å². The summed E-state index contributed by atoms with van der Waals surface area (Å²) in [6, 6.07) is 8.36. The topological polar surface area (TPSA) is 36.4 Å². The SMILES string of the molecule is CCC(O)c1cc2cccc(C)c2nc1N1CCSCC1. The lowest BCUT2D eigenvalue weighted by molar-refractivity contribution is 0.174. The van der Waals surface area contributed by atoms with Gasteiger partial charge < -0.3 is 10.0 Å². The Labute approximate surface area is 130 Å². The van der Waals surface area contributed by atoms with E-state index in [0.29, 0.717) is 6.42 Å². The van der Waals surface area contributed by atoms with E-state index in [0.717, 1.165) is 46.9 Å². The number of nitrogens with zero attached hydrogens (tertiary/aromatic N) is 2. The summed E-state index contributed by atoms with van der Waals surface area (Å²) in [6.45, 7) is 6.14. The molecule has 1 atom stereocenters. The van der Waals surface area contributed by atoms with Gasteiger partial charge in [0.15, 0.2) is 0 Å². The fraction of sp³-hybridized carbons (Fsp3) is 0.471. The van der Waals surface area contributed by atoms with E-state index in [4.69, 9.17) is 4.98 Å². The number of fused-ring (bicyclic) bond motifs is 1. The quantitative estimate of drug-likeness (QED) is 0.941. The highest BCUT2D eigenvalue weighted by molar-refractivity contribution is 7.99. The van der Waals surface area contributed by atoms with Crippen LogP contribution in [0.2, 0.25) is 0 Å².